The van der Waals surface area contributed by atoms with E-state index in [0.717, 1.165) is 78.0 Å². The van der Waals surface area contributed by atoms with Crippen molar-refractivity contribution in [3.63, 3.8) is 0 Å². The van der Waals surface area contributed by atoms with E-state index < -0.39 is 0 Å². The minimum atomic E-state index is -0.173. The van der Waals surface area contributed by atoms with E-state index in [2.05, 4.69) is 190 Å². The van der Waals surface area contributed by atoms with Crippen LogP contribution in [0.5, 0.6) is 11.5 Å². The van der Waals surface area contributed by atoms with Crippen LogP contribution in [0.2, 0.25) is 0 Å². The van der Waals surface area contributed by atoms with Gasteiger partial charge in [-0.3, -0.25) is 14.9 Å². The van der Waals surface area contributed by atoms with E-state index in [1.54, 1.807) is 14.2 Å². The van der Waals surface area contributed by atoms with Gasteiger partial charge in [-0.2, -0.15) is 14.8 Å². The number of halogens is 2. The Morgan fingerprint density at radius 2 is 0.986 bits per heavy atom. The van der Waals surface area contributed by atoms with E-state index in [1.807, 2.05) is 48.4 Å². The van der Waals surface area contributed by atoms with Crippen molar-refractivity contribution >= 4 is 63.6 Å². The minimum absolute atomic E-state index is 0. The molecule has 0 aliphatic carbocycles. The van der Waals surface area contributed by atoms with Crippen LogP contribution in [0.25, 0.3) is 0 Å². The molecule has 0 saturated carbocycles. The van der Waals surface area contributed by atoms with Gasteiger partial charge in [0, 0.05) is 74.6 Å². The van der Waals surface area contributed by atoms with Crippen LogP contribution in [0.1, 0.15) is 64.5 Å². The first-order valence-corrected chi connectivity index (χ1v) is 24.0. The van der Waals surface area contributed by atoms with Gasteiger partial charge >= 0.3 is 0 Å². The first kappa shape index (κ1) is 53.0. The summed E-state index contributed by atoms with van der Waals surface area (Å²) in [6.45, 7) is 11.4. The number of para-hydroxylation sites is 2. The fourth-order valence-electron chi connectivity index (χ4n) is 10.1. The third-order valence-corrected chi connectivity index (χ3v) is 14.4. The van der Waals surface area contributed by atoms with E-state index in [-0.39, 0.29) is 41.7 Å². The van der Waals surface area contributed by atoms with Crippen molar-refractivity contribution in [3.05, 3.63) is 157 Å². The second-order valence-electron chi connectivity index (χ2n) is 19.2. The number of hydrogen-bond donors (Lipinski definition) is 1. The largest absolute Gasteiger partial charge is 1.00 e. The molecule has 0 aromatic heterocycles. The lowest BCUT2D eigenvalue weighted by molar-refractivity contribution is -0.845. The van der Waals surface area contributed by atoms with Gasteiger partial charge in [-0.05, 0) is 150 Å². The molecule has 0 saturated heterocycles. The zero-order chi connectivity index (χ0) is 48.0. The molecule has 368 valence electrons. The lowest BCUT2D eigenvalue weighted by atomic mass is 9.81. The molecule has 6 aromatic carbocycles. The monoisotopic (exact) mass is 980 g/mol. The Labute approximate surface area is 429 Å². The molecule has 2 atom stereocenters. The molecule has 10 nitrogen and oxygen atoms in total. The molecule has 8 rings (SSSR count). The topological polar surface area (TPSA) is 63.6 Å². The summed E-state index contributed by atoms with van der Waals surface area (Å²) in [6, 6.07) is 51.5. The van der Waals surface area contributed by atoms with Crippen LogP contribution in [0.15, 0.2) is 156 Å². The van der Waals surface area contributed by atoms with Crippen LogP contribution in [0, 0.1) is 0 Å². The zero-order valence-electron chi connectivity index (χ0n) is 42.5. The van der Waals surface area contributed by atoms with E-state index in [4.69, 9.17) is 19.7 Å². The maximum Gasteiger partial charge on any atom is 0.212 e. The predicted octanol–water partition coefficient (Wildman–Crippen LogP) is 5.31. The fraction of sp³-hybridized carbons (Fsp3) is 0.328. The second kappa shape index (κ2) is 23.1. The van der Waals surface area contributed by atoms with Crippen LogP contribution in [0.4, 0.5) is 45.5 Å². The van der Waals surface area contributed by atoms with Gasteiger partial charge in [-0.1, -0.05) is 36.4 Å². The summed E-state index contributed by atoms with van der Waals surface area (Å²) < 4.78 is 13.2. The van der Waals surface area contributed by atoms with Gasteiger partial charge in [-0.15, -0.1) is 0 Å². The molecule has 0 amide bonds. The van der Waals surface area contributed by atoms with Gasteiger partial charge in [0.25, 0.3) is 0 Å². The standard InChI is InChI=1S/C58H69N8O2.2ClH/c1-57(2)51-19-13-15-21-53(51)65(55(57)41-59-63(7)47-27-23-43(24-28-47)61(5)45-31-35-49(67-9)36-32-45)39-17-11-12-18-40-66-54-22-16-14-20-52(54)58(3,4)56(66)42-60-64(8)48-29-25-44(26-30-48)62(6)46-33-37-50(68-10)38-34-46;;/h13-16,19-38,41-42,55H,11-12,17-18,39-40H2,1-10H3;2*1H/q+1;;/p-1/b59-41+;;. The van der Waals surface area contributed by atoms with Crippen LogP contribution in [0.3, 0.4) is 0 Å². The molecular weight excluding hydrogens is 912 g/mol. The van der Waals surface area contributed by atoms with Crippen molar-refractivity contribution in [2.75, 3.05) is 75.3 Å². The van der Waals surface area contributed by atoms with Crippen molar-refractivity contribution in [2.24, 2.45) is 10.2 Å². The molecule has 1 N–H and O–H groups in total. The number of anilines is 6. The fourth-order valence-corrected chi connectivity index (χ4v) is 10.1. The molecular formula is C58H70Cl2N8O2. The average Bonchev–Trinajstić information content (AvgIpc) is 3.73. The highest BCUT2D eigenvalue weighted by molar-refractivity contribution is 6.33. The van der Waals surface area contributed by atoms with E-state index in [9.17, 15) is 0 Å². The number of ether oxygens (including phenoxy) is 2. The summed E-state index contributed by atoms with van der Waals surface area (Å²) in [5.74, 6) is 1.70. The van der Waals surface area contributed by atoms with Gasteiger partial charge in [0.2, 0.25) is 11.4 Å². The molecule has 2 unspecified atom stereocenters. The number of nitrogens with zero attached hydrogens (tertiary/aromatic N) is 7. The molecule has 70 heavy (non-hydrogen) atoms. The van der Waals surface area contributed by atoms with Crippen molar-refractivity contribution < 1.29 is 43.8 Å². The highest BCUT2D eigenvalue weighted by atomic mass is 35.5. The maximum atomic E-state index is 5.35. The van der Waals surface area contributed by atoms with Gasteiger partial charge < -0.3 is 44.1 Å². The number of rotatable bonds is 19. The van der Waals surface area contributed by atoms with Crippen LogP contribution < -0.4 is 59.0 Å². The third kappa shape index (κ3) is 11.2. The molecule has 2 aliphatic heterocycles. The molecule has 0 fully saturated rings. The minimum Gasteiger partial charge on any atom is -1.00 e. The van der Waals surface area contributed by atoms with Gasteiger partial charge in [0.15, 0.2) is 0 Å². The Morgan fingerprint density at radius 3 is 1.51 bits per heavy atom. The molecule has 0 spiro atoms. The number of benzene rings is 6. The summed E-state index contributed by atoms with van der Waals surface area (Å²) in [5, 5.41) is 14.1. The summed E-state index contributed by atoms with van der Waals surface area (Å²) in [4.78, 5) is 5.85. The Bertz CT molecular complexity index is 2740. The van der Waals surface area contributed by atoms with Crippen molar-refractivity contribution in [2.45, 2.75) is 70.3 Å². The number of quaternary nitrogens is 1. The van der Waals surface area contributed by atoms with E-state index >= 15 is 0 Å². The van der Waals surface area contributed by atoms with E-state index in [1.165, 1.54) is 39.5 Å². The molecule has 2 heterocycles. The Balaban J connectivity index is 0.00000402. The first-order valence-electron chi connectivity index (χ1n) is 24.0. The van der Waals surface area contributed by atoms with Crippen molar-refractivity contribution in [3.8, 4) is 11.5 Å². The summed E-state index contributed by atoms with van der Waals surface area (Å²) in [5.41, 5.74) is 12.9. The van der Waals surface area contributed by atoms with Crippen molar-refractivity contribution in [1.29, 1.82) is 0 Å². The van der Waals surface area contributed by atoms with Gasteiger partial charge in [-0.25, -0.2) is 0 Å². The molecule has 2 aliphatic rings. The van der Waals surface area contributed by atoms with Gasteiger partial charge in [0.1, 0.15) is 36.0 Å². The first-order chi connectivity index (χ1) is 32.8. The number of nitrogens with one attached hydrogen (secondary N) is 1. The van der Waals surface area contributed by atoms with Crippen LogP contribution in [-0.2, 0) is 10.8 Å². The lowest BCUT2D eigenvalue weighted by Gasteiger charge is -2.27. The van der Waals surface area contributed by atoms with Crippen molar-refractivity contribution in [1.82, 2.24) is 0 Å². The zero-order valence-corrected chi connectivity index (χ0v) is 44.0. The SMILES string of the molecule is COc1ccc(N(C)c2ccc(N(C)/N=C/C3=[N+](CCCCCC[NH+]4c5ccccc5C(C)(C)C4/C=N/N(C)c4ccc(N(C)c5ccc(OC)cc5)cc4)c4ccccc4C3(C)C)cc2)cc1.[Cl-].[Cl-]. The quantitative estimate of drug-likeness (QED) is 0.0515. The van der Waals surface area contributed by atoms with Crippen LogP contribution in [-0.4, -0.2) is 84.3 Å². The number of hydrogen-bond acceptors (Lipinski definition) is 8. The Kier molecular flexibility index (Phi) is 17.5. The van der Waals surface area contributed by atoms with Gasteiger partial charge in [0.05, 0.1) is 49.2 Å². The van der Waals surface area contributed by atoms with E-state index in [0.29, 0.717) is 0 Å². The third-order valence-electron chi connectivity index (χ3n) is 14.4. The summed E-state index contributed by atoms with van der Waals surface area (Å²) in [6.07, 6.45) is 8.86. The average molecular weight is 982 g/mol. The summed E-state index contributed by atoms with van der Waals surface area (Å²) in [7, 11) is 11.6. The number of unbranched alkanes of at least 4 members (excludes halogenated alkanes) is 3. The smallest absolute Gasteiger partial charge is 0.212 e. The highest BCUT2D eigenvalue weighted by Gasteiger charge is 2.48. The second-order valence-corrected chi connectivity index (χ2v) is 19.2. The lowest BCUT2D eigenvalue weighted by Crippen LogP contribution is -3.11. The predicted molar refractivity (Wildman–Crippen MR) is 285 cm³/mol. The number of hydrazone groups is 2. The molecule has 0 bridgehead atoms. The Morgan fingerprint density at radius 1 is 0.543 bits per heavy atom. The normalized spacial score (nSPS) is 16.3. The number of methoxy groups -OCH3 is 2. The maximum absolute atomic E-state index is 5.35. The number of fused-ring (bicyclic) bond motifs is 2. The molecule has 12 heteroatoms. The highest BCUT2D eigenvalue weighted by Crippen LogP contribution is 2.40. The molecule has 0 radical (unpaired) electrons. The Hall–Kier alpha value is -6.33. The van der Waals surface area contributed by atoms with Crippen LogP contribution >= 0.6 is 0 Å². The molecule has 6 aromatic rings. The summed E-state index contributed by atoms with van der Waals surface area (Å²) >= 11 is 0.